The summed E-state index contributed by atoms with van der Waals surface area (Å²) in [6, 6.07) is 0. The number of hydrogen-bond acceptors (Lipinski definition) is 2. The number of aryl methyl sites for hydroxylation is 1. The first-order valence-electron chi connectivity index (χ1n) is 8.71. The maximum atomic E-state index is 4.28. The van der Waals surface area contributed by atoms with Crippen molar-refractivity contribution in [2.45, 2.75) is 58.4 Å². The van der Waals surface area contributed by atoms with E-state index in [4.69, 9.17) is 0 Å². The molecule has 2 rings (SSSR count). The quantitative estimate of drug-likeness (QED) is 0.463. The minimum Gasteiger partial charge on any atom is -0.356 e. The minimum atomic E-state index is 0.837. The van der Waals surface area contributed by atoms with Gasteiger partial charge in [-0.1, -0.05) is 32.1 Å². The zero-order valence-corrected chi connectivity index (χ0v) is 14.1. The van der Waals surface area contributed by atoms with Gasteiger partial charge >= 0.3 is 0 Å². The molecule has 0 unspecified atom stereocenters. The molecule has 0 saturated heterocycles. The molecule has 1 fully saturated rings. The Kier molecular flexibility index (Phi) is 7.26. The predicted octanol–water partition coefficient (Wildman–Crippen LogP) is 2.72. The van der Waals surface area contributed by atoms with Gasteiger partial charge in [-0.05, 0) is 31.2 Å². The Morgan fingerprint density at radius 3 is 2.73 bits per heavy atom. The second-order valence-electron chi connectivity index (χ2n) is 6.35. The van der Waals surface area contributed by atoms with E-state index < -0.39 is 0 Å². The highest BCUT2D eigenvalue weighted by molar-refractivity contribution is 5.79. The summed E-state index contributed by atoms with van der Waals surface area (Å²) in [7, 11) is 1.83. The molecule has 0 amide bonds. The van der Waals surface area contributed by atoms with E-state index in [9.17, 15) is 0 Å². The van der Waals surface area contributed by atoms with Crippen LogP contribution in [0.1, 0.15) is 50.5 Å². The Bertz CT molecular complexity index is 446. The van der Waals surface area contributed by atoms with E-state index in [1.165, 1.54) is 50.5 Å². The van der Waals surface area contributed by atoms with Gasteiger partial charge in [-0.25, -0.2) is 0 Å². The van der Waals surface area contributed by atoms with Crippen molar-refractivity contribution in [3.05, 3.63) is 18.0 Å². The summed E-state index contributed by atoms with van der Waals surface area (Å²) in [5, 5.41) is 11.0. The van der Waals surface area contributed by atoms with E-state index in [1.807, 2.05) is 17.9 Å². The SMILES string of the molecule is CN=C(NCCCC1CCCCC1)NCCn1cc(C)cn1. The predicted molar refractivity (Wildman–Crippen MR) is 92.1 cm³/mol. The highest BCUT2D eigenvalue weighted by Crippen LogP contribution is 2.26. The third-order valence-corrected chi connectivity index (χ3v) is 4.43. The van der Waals surface area contributed by atoms with Crippen LogP contribution in [0.15, 0.2) is 17.4 Å². The number of guanidine groups is 1. The zero-order valence-electron chi connectivity index (χ0n) is 14.1. The minimum absolute atomic E-state index is 0.837. The number of aromatic nitrogens is 2. The summed E-state index contributed by atoms with van der Waals surface area (Å²) >= 11 is 0. The van der Waals surface area contributed by atoms with Crippen molar-refractivity contribution in [1.82, 2.24) is 20.4 Å². The van der Waals surface area contributed by atoms with Gasteiger partial charge in [-0.15, -0.1) is 0 Å². The average Bonchev–Trinajstić information content (AvgIpc) is 2.96. The molecule has 5 nitrogen and oxygen atoms in total. The van der Waals surface area contributed by atoms with Gasteiger partial charge in [0, 0.05) is 26.3 Å². The van der Waals surface area contributed by atoms with Crippen molar-refractivity contribution in [1.29, 1.82) is 0 Å². The summed E-state index contributed by atoms with van der Waals surface area (Å²) < 4.78 is 1.96. The number of nitrogens with zero attached hydrogens (tertiary/aromatic N) is 3. The molecule has 1 aromatic rings. The molecule has 2 N–H and O–H groups in total. The third kappa shape index (κ3) is 6.08. The molecule has 1 heterocycles. The third-order valence-electron chi connectivity index (χ3n) is 4.43. The molecule has 22 heavy (non-hydrogen) atoms. The van der Waals surface area contributed by atoms with E-state index >= 15 is 0 Å². The summed E-state index contributed by atoms with van der Waals surface area (Å²) in [5.74, 6) is 1.86. The molecule has 1 aliphatic carbocycles. The smallest absolute Gasteiger partial charge is 0.191 e. The van der Waals surface area contributed by atoms with E-state index in [0.717, 1.165) is 31.5 Å². The molecular formula is C17H31N5. The Balaban J connectivity index is 1.54. The fourth-order valence-electron chi connectivity index (χ4n) is 3.17. The van der Waals surface area contributed by atoms with Gasteiger partial charge in [-0.2, -0.15) is 5.10 Å². The largest absolute Gasteiger partial charge is 0.356 e. The second kappa shape index (κ2) is 9.49. The van der Waals surface area contributed by atoms with Crippen molar-refractivity contribution in [3.8, 4) is 0 Å². The number of nitrogens with one attached hydrogen (secondary N) is 2. The number of hydrogen-bond donors (Lipinski definition) is 2. The molecule has 0 atom stereocenters. The van der Waals surface area contributed by atoms with Gasteiger partial charge in [0.25, 0.3) is 0 Å². The van der Waals surface area contributed by atoms with Crippen molar-refractivity contribution >= 4 is 5.96 Å². The van der Waals surface area contributed by atoms with Crippen molar-refractivity contribution in [2.24, 2.45) is 10.9 Å². The lowest BCUT2D eigenvalue weighted by atomic mass is 9.86. The summed E-state index contributed by atoms with van der Waals surface area (Å²) in [6.45, 7) is 4.76. The Hall–Kier alpha value is -1.52. The van der Waals surface area contributed by atoms with Crippen LogP contribution in [0, 0.1) is 12.8 Å². The van der Waals surface area contributed by atoms with Gasteiger partial charge in [0.1, 0.15) is 0 Å². The fraction of sp³-hybridized carbons (Fsp3) is 0.765. The van der Waals surface area contributed by atoms with Crippen LogP contribution in [0.3, 0.4) is 0 Å². The molecule has 0 radical (unpaired) electrons. The molecule has 0 spiro atoms. The van der Waals surface area contributed by atoms with E-state index in [-0.39, 0.29) is 0 Å². The van der Waals surface area contributed by atoms with Gasteiger partial charge in [0.2, 0.25) is 0 Å². The van der Waals surface area contributed by atoms with Crippen LogP contribution < -0.4 is 10.6 Å². The summed E-state index contributed by atoms with van der Waals surface area (Å²) in [4.78, 5) is 4.27. The Morgan fingerprint density at radius 2 is 2.05 bits per heavy atom. The molecule has 0 aromatic carbocycles. The van der Waals surface area contributed by atoms with Crippen LogP contribution in [-0.4, -0.2) is 35.9 Å². The van der Waals surface area contributed by atoms with Crippen LogP contribution in [0.2, 0.25) is 0 Å². The van der Waals surface area contributed by atoms with Gasteiger partial charge < -0.3 is 10.6 Å². The lowest BCUT2D eigenvalue weighted by Crippen LogP contribution is -2.39. The maximum Gasteiger partial charge on any atom is 0.191 e. The molecule has 1 aliphatic rings. The van der Waals surface area contributed by atoms with Crippen molar-refractivity contribution < 1.29 is 0 Å². The van der Waals surface area contributed by atoms with E-state index in [0.29, 0.717) is 0 Å². The standard InChI is InChI=1S/C17H31N5/c1-15-13-21-22(14-15)12-11-20-17(18-2)19-10-6-9-16-7-4-3-5-8-16/h13-14,16H,3-12H2,1-2H3,(H2,18,19,20). The first-order valence-corrected chi connectivity index (χ1v) is 8.71. The topological polar surface area (TPSA) is 54.2 Å². The molecule has 0 aliphatic heterocycles. The molecule has 1 saturated carbocycles. The maximum absolute atomic E-state index is 4.28. The monoisotopic (exact) mass is 305 g/mol. The molecule has 0 bridgehead atoms. The van der Waals surface area contributed by atoms with Gasteiger partial charge in [-0.3, -0.25) is 9.67 Å². The lowest BCUT2D eigenvalue weighted by Gasteiger charge is -2.21. The Morgan fingerprint density at radius 1 is 1.27 bits per heavy atom. The first-order chi connectivity index (χ1) is 10.8. The van der Waals surface area contributed by atoms with Crippen molar-refractivity contribution in [2.75, 3.05) is 20.1 Å². The molecule has 1 aromatic heterocycles. The van der Waals surface area contributed by atoms with E-state index in [1.54, 1.807) is 0 Å². The Labute approximate surface area is 134 Å². The summed E-state index contributed by atoms with van der Waals surface area (Å²) in [5.41, 5.74) is 1.20. The molecule has 124 valence electrons. The highest BCUT2D eigenvalue weighted by Gasteiger charge is 2.12. The van der Waals surface area contributed by atoms with Crippen LogP contribution in [0.4, 0.5) is 0 Å². The first kappa shape index (κ1) is 16.8. The zero-order chi connectivity index (χ0) is 15.6. The van der Waals surface area contributed by atoms with Crippen LogP contribution in [0.25, 0.3) is 0 Å². The normalized spacial score (nSPS) is 16.7. The lowest BCUT2D eigenvalue weighted by molar-refractivity contribution is 0.332. The van der Waals surface area contributed by atoms with Crippen molar-refractivity contribution in [3.63, 3.8) is 0 Å². The number of aliphatic imine (C=N–C) groups is 1. The van der Waals surface area contributed by atoms with Crippen LogP contribution in [-0.2, 0) is 6.54 Å². The molecular weight excluding hydrogens is 274 g/mol. The van der Waals surface area contributed by atoms with Gasteiger partial charge in [0.05, 0.1) is 12.7 Å². The molecule has 5 heteroatoms. The van der Waals surface area contributed by atoms with Gasteiger partial charge in [0.15, 0.2) is 5.96 Å². The number of rotatable bonds is 7. The average molecular weight is 305 g/mol. The van der Waals surface area contributed by atoms with Crippen LogP contribution >= 0.6 is 0 Å². The second-order valence-corrected chi connectivity index (χ2v) is 6.35. The van der Waals surface area contributed by atoms with E-state index in [2.05, 4.69) is 33.8 Å². The van der Waals surface area contributed by atoms with Crippen LogP contribution in [0.5, 0.6) is 0 Å². The highest BCUT2D eigenvalue weighted by atomic mass is 15.3. The fourth-order valence-corrected chi connectivity index (χ4v) is 3.17. The summed E-state index contributed by atoms with van der Waals surface area (Å²) in [6.07, 6.45) is 13.7.